The van der Waals surface area contributed by atoms with E-state index in [1.807, 2.05) is 0 Å². The molecule has 0 spiro atoms. The summed E-state index contributed by atoms with van der Waals surface area (Å²) in [6, 6.07) is 3.70. The van der Waals surface area contributed by atoms with Gasteiger partial charge in [0.1, 0.15) is 0 Å². The third kappa shape index (κ3) is 4.75. The van der Waals surface area contributed by atoms with Crippen molar-refractivity contribution in [2.75, 3.05) is 13.2 Å². The lowest BCUT2D eigenvalue weighted by molar-refractivity contribution is -0.385. The fraction of sp³-hybridized carbons (Fsp3) is 0.385. The second-order valence-electron chi connectivity index (χ2n) is 4.09. The molecule has 8 heteroatoms. The zero-order chi connectivity index (χ0) is 15.8. The molecule has 0 aliphatic heterocycles. The summed E-state index contributed by atoms with van der Waals surface area (Å²) in [7, 11) is 0. The molecule has 0 aliphatic rings. The number of carbonyl (C=O) groups is 2. The van der Waals surface area contributed by atoms with Gasteiger partial charge in [0.2, 0.25) is 5.75 Å². The van der Waals surface area contributed by atoms with Crippen LogP contribution in [0.15, 0.2) is 18.2 Å². The number of phenolic OH excluding ortho intramolecular Hbond substituents is 1. The third-order valence-corrected chi connectivity index (χ3v) is 2.60. The standard InChI is InChI=1S/C13H16N2O6/c1-2-21-11(16)7-4-8-14-13(18)9-5-3-6-10(12(9)17)15(19)20/h3,5-6,17H,2,4,7-8H2,1H3,(H,14,18). The van der Waals surface area contributed by atoms with E-state index in [-0.39, 0.29) is 24.5 Å². The van der Waals surface area contributed by atoms with Gasteiger partial charge in [0.05, 0.1) is 17.1 Å². The summed E-state index contributed by atoms with van der Waals surface area (Å²) in [5, 5.41) is 22.8. The Balaban J connectivity index is 2.55. The maximum absolute atomic E-state index is 11.8. The highest BCUT2D eigenvalue weighted by Gasteiger charge is 2.20. The number of rotatable bonds is 7. The average Bonchev–Trinajstić information content (AvgIpc) is 2.43. The molecule has 0 atom stereocenters. The number of ether oxygens (including phenoxy) is 1. The van der Waals surface area contributed by atoms with Crippen LogP contribution in [0.3, 0.4) is 0 Å². The lowest BCUT2D eigenvalue weighted by atomic mass is 10.1. The topological polar surface area (TPSA) is 119 Å². The van der Waals surface area contributed by atoms with Gasteiger partial charge in [-0.15, -0.1) is 0 Å². The number of hydrogen-bond acceptors (Lipinski definition) is 6. The minimum atomic E-state index is -0.771. The summed E-state index contributed by atoms with van der Waals surface area (Å²) in [4.78, 5) is 32.8. The zero-order valence-corrected chi connectivity index (χ0v) is 11.5. The highest BCUT2D eigenvalue weighted by Crippen LogP contribution is 2.28. The summed E-state index contributed by atoms with van der Waals surface area (Å²) >= 11 is 0. The molecule has 1 aromatic carbocycles. The summed E-state index contributed by atoms with van der Waals surface area (Å²) < 4.78 is 4.73. The Hall–Kier alpha value is -2.64. The Labute approximate surface area is 120 Å². The highest BCUT2D eigenvalue weighted by molar-refractivity contribution is 5.98. The second-order valence-corrected chi connectivity index (χ2v) is 4.09. The molecule has 0 bridgehead atoms. The minimum Gasteiger partial charge on any atom is -0.502 e. The summed E-state index contributed by atoms with van der Waals surface area (Å²) in [6.07, 6.45) is 0.537. The first-order chi connectivity index (χ1) is 9.97. The number of amides is 1. The monoisotopic (exact) mass is 296 g/mol. The maximum atomic E-state index is 11.8. The van der Waals surface area contributed by atoms with Crippen LogP contribution in [0.2, 0.25) is 0 Å². The molecule has 2 N–H and O–H groups in total. The van der Waals surface area contributed by atoms with E-state index in [4.69, 9.17) is 4.74 Å². The minimum absolute atomic E-state index is 0.162. The molecule has 21 heavy (non-hydrogen) atoms. The average molecular weight is 296 g/mol. The second kappa shape index (κ2) is 7.83. The van der Waals surface area contributed by atoms with Crippen molar-refractivity contribution in [3.63, 3.8) is 0 Å². The number of hydrogen-bond donors (Lipinski definition) is 2. The molecular weight excluding hydrogens is 280 g/mol. The van der Waals surface area contributed by atoms with Crippen LogP contribution in [-0.2, 0) is 9.53 Å². The van der Waals surface area contributed by atoms with Crippen LogP contribution < -0.4 is 5.32 Å². The molecule has 0 aliphatic carbocycles. The van der Waals surface area contributed by atoms with Gasteiger partial charge >= 0.3 is 11.7 Å². The van der Waals surface area contributed by atoms with Crippen LogP contribution in [0.4, 0.5) is 5.69 Å². The van der Waals surface area contributed by atoms with Gasteiger partial charge in [-0.25, -0.2) is 0 Å². The first kappa shape index (κ1) is 16.4. The maximum Gasteiger partial charge on any atom is 0.311 e. The molecule has 0 fully saturated rings. The van der Waals surface area contributed by atoms with E-state index in [1.165, 1.54) is 12.1 Å². The van der Waals surface area contributed by atoms with Crippen LogP contribution in [0.5, 0.6) is 5.75 Å². The fourth-order valence-electron chi connectivity index (χ4n) is 1.62. The summed E-state index contributed by atoms with van der Waals surface area (Å²) in [6.45, 7) is 2.19. The quantitative estimate of drug-likeness (QED) is 0.339. The zero-order valence-electron chi connectivity index (χ0n) is 11.5. The van der Waals surface area contributed by atoms with E-state index in [0.29, 0.717) is 13.0 Å². The van der Waals surface area contributed by atoms with Gasteiger partial charge in [0, 0.05) is 19.0 Å². The first-order valence-corrected chi connectivity index (χ1v) is 6.37. The molecule has 0 saturated carbocycles. The van der Waals surface area contributed by atoms with E-state index in [0.717, 1.165) is 6.07 Å². The Kier molecular flexibility index (Phi) is 6.12. The number of nitro groups is 1. The van der Waals surface area contributed by atoms with Gasteiger partial charge in [0.25, 0.3) is 5.91 Å². The van der Waals surface area contributed by atoms with Crippen molar-refractivity contribution in [1.29, 1.82) is 0 Å². The highest BCUT2D eigenvalue weighted by atomic mass is 16.6. The van der Waals surface area contributed by atoms with Crippen molar-refractivity contribution in [3.05, 3.63) is 33.9 Å². The van der Waals surface area contributed by atoms with Crippen molar-refractivity contribution >= 4 is 17.6 Å². The predicted molar refractivity (Wildman–Crippen MR) is 73.0 cm³/mol. The van der Waals surface area contributed by atoms with Gasteiger partial charge in [0.15, 0.2) is 0 Å². The largest absolute Gasteiger partial charge is 0.502 e. The molecule has 1 amide bonds. The normalized spacial score (nSPS) is 9.95. The molecule has 114 valence electrons. The number of para-hydroxylation sites is 1. The van der Waals surface area contributed by atoms with E-state index < -0.39 is 22.3 Å². The lowest BCUT2D eigenvalue weighted by Crippen LogP contribution is -2.25. The smallest absolute Gasteiger partial charge is 0.311 e. The molecule has 0 unspecified atom stereocenters. The van der Waals surface area contributed by atoms with Gasteiger partial charge < -0.3 is 15.2 Å². The lowest BCUT2D eigenvalue weighted by Gasteiger charge is -2.07. The molecule has 1 rings (SSSR count). The number of esters is 1. The van der Waals surface area contributed by atoms with Gasteiger partial charge in [-0.1, -0.05) is 6.07 Å². The molecule has 0 heterocycles. The summed E-state index contributed by atoms with van der Waals surface area (Å²) in [5.74, 6) is -1.67. The molecule has 0 saturated heterocycles. The Morgan fingerprint density at radius 1 is 1.43 bits per heavy atom. The van der Waals surface area contributed by atoms with Crippen molar-refractivity contribution in [2.45, 2.75) is 19.8 Å². The number of phenols is 1. The van der Waals surface area contributed by atoms with Crippen molar-refractivity contribution in [3.8, 4) is 5.75 Å². The molecule has 8 nitrogen and oxygen atoms in total. The number of nitro benzene ring substituents is 1. The van der Waals surface area contributed by atoms with Crippen LogP contribution >= 0.6 is 0 Å². The van der Waals surface area contributed by atoms with Crippen molar-refractivity contribution < 1.29 is 24.4 Å². The SMILES string of the molecule is CCOC(=O)CCCNC(=O)c1cccc([N+](=O)[O-])c1O. The molecule has 0 aromatic heterocycles. The number of benzene rings is 1. The Morgan fingerprint density at radius 2 is 2.14 bits per heavy atom. The van der Waals surface area contributed by atoms with E-state index in [2.05, 4.69) is 5.32 Å². The van der Waals surface area contributed by atoms with Gasteiger partial charge in [-0.2, -0.15) is 0 Å². The van der Waals surface area contributed by atoms with E-state index >= 15 is 0 Å². The van der Waals surface area contributed by atoms with Crippen LogP contribution in [0, 0.1) is 10.1 Å². The van der Waals surface area contributed by atoms with Crippen molar-refractivity contribution in [1.82, 2.24) is 5.32 Å². The Bertz CT molecular complexity index is 543. The number of carbonyl (C=O) groups excluding carboxylic acids is 2. The first-order valence-electron chi connectivity index (χ1n) is 6.37. The number of aromatic hydroxyl groups is 1. The number of nitrogens with one attached hydrogen (secondary N) is 1. The van der Waals surface area contributed by atoms with Crippen LogP contribution in [0.1, 0.15) is 30.1 Å². The van der Waals surface area contributed by atoms with Crippen LogP contribution in [0.25, 0.3) is 0 Å². The number of nitrogens with zero attached hydrogens (tertiary/aromatic N) is 1. The third-order valence-electron chi connectivity index (χ3n) is 2.60. The molecular formula is C13H16N2O6. The predicted octanol–water partition coefficient (Wildman–Crippen LogP) is 1.37. The van der Waals surface area contributed by atoms with Crippen LogP contribution in [-0.4, -0.2) is 35.1 Å². The Morgan fingerprint density at radius 3 is 2.76 bits per heavy atom. The van der Waals surface area contributed by atoms with Gasteiger partial charge in [-0.05, 0) is 19.4 Å². The molecule has 0 radical (unpaired) electrons. The molecule has 1 aromatic rings. The van der Waals surface area contributed by atoms with Crippen molar-refractivity contribution in [2.24, 2.45) is 0 Å². The van der Waals surface area contributed by atoms with E-state index in [9.17, 15) is 24.8 Å². The van der Waals surface area contributed by atoms with E-state index in [1.54, 1.807) is 6.92 Å². The summed E-state index contributed by atoms with van der Waals surface area (Å²) in [5.41, 5.74) is -0.713. The fourth-order valence-corrected chi connectivity index (χ4v) is 1.62. The van der Waals surface area contributed by atoms with Gasteiger partial charge in [-0.3, -0.25) is 19.7 Å².